The van der Waals surface area contributed by atoms with E-state index in [1.807, 2.05) is 19.0 Å². The van der Waals surface area contributed by atoms with E-state index < -0.39 is 40.7 Å². The predicted octanol–water partition coefficient (Wildman–Crippen LogP) is 0.247. The SMILES string of the molecule is CN(C)CCCNC(=O)C[C@H]1C=C[C@@H](NS(=O)(=O)c2ccc(F)cc2)[C@H](CO)O1. The summed E-state index contributed by atoms with van der Waals surface area (Å²) >= 11 is 0. The van der Waals surface area contributed by atoms with Crippen LogP contribution in [0.1, 0.15) is 12.8 Å². The van der Waals surface area contributed by atoms with Crippen molar-refractivity contribution in [2.24, 2.45) is 0 Å². The van der Waals surface area contributed by atoms with Crippen LogP contribution in [0.3, 0.4) is 0 Å². The monoisotopic (exact) mass is 429 g/mol. The van der Waals surface area contributed by atoms with E-state index in [2.05, 4.69) is 10.0 Å². The molecule has 8 nitrogen and oxygen atoms in total. The first-order chi connectivity index (χ1) is 13.7. The molecule has 3 N–H and O–H groups in total. The number of sulfonamides is 1. The molecule has 1 amide bonds. The van der Waals surface area contributed by atoms with Gasteiger partial charge in [0.15, 0.2) is 0 Å². The van der Waals surface area contributed by atoms with Crippen LogP contribution < -0.4 is 10.0 Å². The second-order valence-corrected chi connectivity index (χ2v) is 8.81. The Labute approximate surface area is 170 Å². The van der Waals surface area contributed by atoms with Gasteiger partial charge in [-0.3, -0.25) is 4.79 Å². The molecule has 1 aliphatic rings. The van der Waals surface area contributed by atoms with E-state index in [4.69, 9.17) is 4.74 Å². The van der Waals surface area contributed by atoms with Crippen LogP contribution in [0.5, 0.6) is 0 Å². The van der Waals surface area contributed by atoms with Crippen LogP contribution in [0.4, 0.5) is 4.39 Å². The number of hydrogen-bond acceptors (Lipinski definition) is 6. The van der Waals surface area contributed by atoms with Crippen LogP contribution >= 0.6 is 0 Å². The second-order valence-electron chi connectivity index (χ2n) is 7.09. The third-order valence-electron chi connectivity index (χ3n) is 4.37. The Kier molecular flexibility index (Phi) is 8.72. The van der Waals surface area contributed by atoms with Gasteiger partial charge in [-0.05, 0) is 51.3 Å². The molecule has 0 saturated carbocycles. The van der Waals surface area contributed by atoms with Crippen LogP contribution in [-0.4, -0.2) is 76.4 Å². The van der Waals surface area contributed by atoms with Gasteiger partial charge in [0.2, 0.25) is 15.9 Å². The maximum absolute atomic E-state index is 13.0. The van der Waals surface area contributed by atoms with Crippen LogP contribution in [0, 0.1) is 5.82 Å². The van der Waals surface area contributed by atoms with Crippen molar-refractivity contribution in [1.29, 1.82) is 0 Å². The molecule has 1 aliphatic heterocycles. The summed E-state index contributed by atoms with van der Waals surface area (Å²) in [5, 5.41) is 12.4. The lowest BCUT2D eigenvalue weighted by molar-refractivity contribution is -0.125. The number of benzene rings is 1. The summed E-state index contributed by atoms with van der Waals surface area (Å²) in [7, 11) is -0.0113. The van der Waals surface area contributed by atoms with Gasteiger partial charge in [0.1, 0.15) is 11.9 Å². The van der Waals surface area contributed by atoms with Crippen molar-refractivity contribution in [2.45, 2.75) is 36.0 Å². The van der Waals surface area contributed by atoms with E-state index in [1.165, 1.54) is 0 Å². The first kappa shape index (κ1) is 23.4. The topological polar surface area (TPSA) is 108 Å². The summed E-state index contributed by atoms with van der Waals surface area (Å²) in [5.41, 5.74) is 0. The molecule has 1 heterocycles. The third-order valence-corrected chi connectivity index (χ3v) is 5.84. The second kappa shape index (κ2) is 10.8. The molecule has 0 fully saturated rings. The Balaban J connectivity index is 1.92. The molecule has 29 heavy (non-hydrogen) atoms. The smallest absolute Gasteiger partial charge is 0.241 e. The van der Waals surface area contributed by atoms with Crippen molar-refractivity contribution in [3.05, 3.63) is 42.2 Å². The summed E-state index contributed by atoms with van der Waals surface area (Å²) in [6, 6.07) is 3.61. The summed E-state index contributed by atoms with van der Waals surface area (Å²) in [6.07, 6.45) is 2.66. The van der Waals surface area contributed by atoms with Gasteiger partial charge in [-0.15, -0.1) is 0 Å². The number of aliphatic hydroxyl groups is 1. The molecule has 0 spiro atoms. The molecule has 2 rings (SSSR count). The normalized spacial score (nSPS) is 22.0. The van der Waals surface area contributed by atoms with Gasteiger partial charge >= 0.3 is 0 Å². The molecular weight excluding hydrogens is 401 g/mol. The minimum atomic E-state index is -3.92. The van der Waals surface area contributed by atoms with E-state index in [9.17, 15) is 22.7 Å². The zero-order valence-corrected chi connectivity index (χ0v) is 17.4. The summed E-state index contributed by atoms with van der Waals surface area (Å²) in [5.74, 6) is -0.721. The molecule has 0 bridgehead atoms. The third kappa shape index (κ3) is 7.48. The fourth-order valence-corrected chi connectivity index (χ4v) is 4.07. The van der Waals surface area contributed by atoms with Crippen molar-refractivity contribution in [3.63, 3.8) is 0 Å². The van der Waals surface area contributed by atoms with Gasteiger partial charge in [-0.1, -0.05) is 12.2 Å². The lowest BCUT2D eigenvalue weighted by Crippen LogP contribution is -2.49. The van der Waals surface area contributed by atoms with Crippen LogP contribution in [0.15, 0.2) is 41.3 Å². The molecule has 1 aromatic rings. The fourth-order valence-electron chi connectivity index (χ4n) is 2.85. The zero-order valence-electron chi connectivity index (χ0n) is 16.5. The van der Waals surface area contributed by atoms with Crippen LogP contribution in [-0.2, 0) is 19.6 Å². The van der Waals surface area contributed by atoms with Gasteiger partial charge in [-0.25, -0.2) is 17.5 Å². The highest BCUT2D eigenvalue weighted by Gasteiger charge is 2.31. The first-order valence-corrected chi connectivity index (χ1v) is 10.8. The Morgan fingerprint density at radius 3 is 2.55 bits per heavy atom. The van der Waals surface area contributed by atoms with E-state index in [0.29, 0.717) is 6.54 Å². The maximum atomic E-state index is 13.0. The Hall–Kier alpha value is -1.85. The van der Waals surface area contributed by atoms with E-state index in [0.717, 1.165) is 37.2 Å². The largest absolute Gasteiger partial charge is 0.394 e. The number of nitrogens with zero attached hydrogens (tertiary/aromatic N) is 1. The highest BCUT2D eigenvalue weighted by molar-refractivity contribution is 7.89. The van der Waals surface area contributed by atoms with Crippen LogP contribution in [0.2, 0.25) is 0 Å². The average Bonchev–Trinajstić information content (AvgIpc) is 2.66. The summed E-state index contributed by atoms with van der Waals surface area (Å²) < 4.78 is 46.0. The number of rotatable bonds is 10. The number of carbonyl (C=O) groups excluding carboxylic acids is 1. The summed E-state index contributed by atoms with van der Waals surface area (Å²) in [6.45, 7) is 0.988. The standard InChI is InChI=1S/C19H28FN3O5S/c1-23(2)11-3-10-21-19(25)12-15-6-9-17(18(13-24)28-15)22-29(26,27)16-7-4-14(20)5-8-16/h4-9,15,17-18,22,24H,3,10-13H2,1-2H3,(H,21,25)/t15-,17-,18+/m1/s1. The van der Waals surface area contributed by atoms with E-state index >= 15 is 0 Å². The molecule has 0 aliphatic carbocycles. The number of nitrogens with one attached hydrogen (secondary N) is 2. The quantitative estimate of drug-likeness (QED) is 0.363. The molecule has 0 radical (unpaired) electrons. The van der Waals surface area contributed by atoms with Gasteiger partial charge < -0.3 is 20.1 Å². The molecule has 3 atom stereocenters. The molecule has 162 valence electrons. The van der Waals surface area contributed by atoms with Crippen LogP contribution in [0.25, 0.3) is 0 Å². The van der Waals surface area contributed by atoms with Crippen molar-refractivity contribution in [3.8, 4) is 0 Å². The Bertz CT molecular complexity index is 799. The van der Waals surface area contributed by atoms with Gasteiger partial charge in [-0.2, -0.15) is 0 Å². The zero-order chi connectivity index (χ0) is 21.4. The molecule has 0 aromatic heterocycles. The molecule has 0 unspecified atom stereocenters. The number of aliphatic hydroxyl groups excluding tert-OH is 1. The van der Waals surface area contributed by atoms with Crippen molar-refractivity contribution in [1.82, 2.24) is 14.9 Å². The number of amides is 1. The Morgan fingerprint density at radius 1 is 1.24 bits per heavy atom. The highest BCUT2D eigenvalue weighted by atomic mass is 32.2. The molecule has 10 heteroatoms. The molecule has 1 aromatic carbocycles. The van der Waals surface area contributed by atoms with E-state index in [1.54, 1.807) is 12.2 Å². The van der Waals surface area contributed by atoms with Gasteiger partial charge in [0.25, 0.3) is 0 Å². The Morgan fingerprint density at radius 2 is 1.93 bits per heavy atom. The predicted molar refractivity (Wildman–Crippen MR) is 106 cm³/mol. The maximum Gasteiger partial charge on any atom is 0.241 e. The van der Waals surface area contributed by atoms with Crippen molar-refractivity contribution in [2.75, 3.05) is 33.8 Å². The minimum absolute atomic E-state index is 0.0758. The highest BCUT2D eigenvalue weighted by Crippen LogP contribution is 2.18. The summed E-state index contributed by atoms with van der Waals surface area (Å²) in [4.78, 5) is 14.0. The lowest BCUT2D eigenvalue weighted by atomic mass is 10.1. The fraction of sp³-hybridized carbons (Fsp3) is 0.526. The average molecular weight is 430 g/mol. The lowest BCUT2D eigenvalue weighted by Gasteiger charge is -2.31. The first-order valence-electron chi connectivity index (χ1n) is 9.35. The molecule has 0 saturated heterocycles. The number of halogens is 1. The van der Waals surface area contributed by atoms with Gasteiger partial charge in [0, 0.05) is 6.54 Å². The van der Waals surface area contributed by atoms with Crippen molar-refractivity contribution < 1.29 is 27.4 Å². The number of carbonyl (C=O) groups is 1. The van der Waals surface area contributed by atoms with Gasteiger partial charge in [0.05, 0.1) is 30.1 Å². The number of hydrogen-bond donors (Lipinski definition) is 3. The number of ether oxygens (including phenoxy) is 1. The van der Waals surface area contributed by atoms with E-state index in [-0.39, 0.29) is 17.2 Å². The molecular formula is C19H28FN3O5S. The van der Waals surface area contributed by atoms with Crippen molar-refractivity contribution >= 4 is 15.9 Å². The minimum Gasteiger partial charge on any atom is -0.394 e.